The molecule has 2 aliphatic heterocycles. The molecule has 4 heteroatoms. The number of aryl methyl sites for hydroxylation is 1. The number of furan rings is 1. The zero-order valence-corrected chi connectivity index (χ0v) is 40.9. The van der Waals surface area contributed by atoms with Gasteiger partial charge < -0.3 is 14.2 Å². The van der Waals surface area contributed by atoms with E-state index < -0.39 is 6.85 Å². The maximum atomic E-state index is 9.22. The summed E-state index contributed by atoms with van der Waals surface area (Å²) in [5.74, 6) is 0. The SMILES string of the molecule is [2H]C([2H])([2H])c1cc2c3c(c1)N(c1cccc4oc5ccccc5c14)c1cc4c(cc1B3c1cc3c(cc1N2c1ccc2c(c1)C(C)(C)CCC2(C)C)C(C)(C)CCC3(C)C)C(C)(C)CCC4(C)C. The van der Waals surface area contributed by atoms with E-state index >= 15 is 0 Å². The molecule has 5 aliphatic rings. The number of hydrogen-bond acceptors (Lipinski definition) is 3. The lowest BCUT2D eigenvalue weighted by molar-refractivity contribution is 0.332. The third-order valence-electron chi connectivity index (χ3n) is 17.7. The van der Waals surface area contributed by atoms with Gasteiger partial charge in [0.05, 0.1) is 11.1 Å². The maximum Gasteiger partial charge on any atom is 0.252 e. The Kier molecular flexibility index (Phi) is 7.60. The highest BCUT2D eigenvalue weighted by Crippen LogP contribution is 2.55. The number of para-hydroxylation sites is 1. The molecule has 65 heavy (non-hydrogen) atoms. The van der Waals surface area contributed by atoms with Gasteiger partial charge in [-0.3, -0.25) is 0 Å². The number of nitrogens with zero attached hydrogens (tertiary/aromatic N) is 2. The third-order valence-corrected chi connectivity index (χ3v) is 17.7. The van der Waals surface area contributed by atoms with Crippen LogP contribution in [0.4, 0.5) is 34.1 Å². The fraction of sp³-hybridized carbons (Fsp3) is 0.410. The maximum absolute atomic E-state index is 9.22. The highest BCUT2D eigenvalue weighted by molar-refractivity contribution is 7.00. The first kappa shape index (κ1) is 37.9. The third kappa shape index (κ3) is 5.74. The van der Waals surface area contributed by atoms with Crippen LogP contribution in [0.1, 0.15) is 165 Å². The topological polar surface area (TPSA) is 19.6 Å². The van der Waals surface area contributed by atoms with Gasteiger partial charge in [-0.25, -0.2) is 0 Å². The van der Waals surface area contributed by atoms with Gasteiger partial charge in [-0.05, 0) is 188 Å². The lowest BCUT2D eigenvalue weighted by atomic mass is 9.32. The summed E-state index contributed by atoms with van der Waals surface area (Å²) in [5, 5.41) is 2.08. The minimum absolute atomic E-state index is 0.0225. The average molecular weight is 858 g/mol. The van der Waals surface area contributed by atoms with Crippen molar-refractivity contribution in [3.63, 3.8) is 0 Å². The molecule has 7 aromatic rings. The largest absolute Gasteiger partial charge is 0.456 e. The van der Waals surface area contributed by atoms with Crippen molar-refractivity contribution in [3.8, 4) is 0 Å². The molecule has 0 bridgehead atoms. The van der Waals surface area contributed by atoms with Gasteiger partial charge in [-0.15, -0.1) is 0 Å². The molecule has 0 atom stereocenters. The molecule has 330 valence electrons. The highest BCUT2D eigenvalue weighted by atomic mass is 16.3. The minimum Gasteiger partial charge on any atom is -0.456 e. The summed E-state index contributed by atoms with van der Waals surface area (Å²) in [7, 11) is 0. The van der Waals surface area contributed by atoms with Crippen LogP contribution in [0.3, 0.4) is 0 Å². The van der Waals surface area contributed by atoms with E-state index in [0.29, 0.717) is 5.56 Å². The molecule has 3 heterocycles. The summed E-state index contributed by atoms with van der Waals surface area (Å²) in [6.45, 7) is 26.5. The predicted octanol–water partition coefficient (Wildman–Crippen LogP) is 15.0. The van der Waals surface area contributed by atoms with Gasteiger partial charge in [0.15, 0.2) is 0 Å². The Balaban J connectivity index is 1.26. The summed E-state index contributed by atoms with van der Waals surface area (Å²) in [5.41, 5.74) is 20.2. The van der Waals surface area contributed by atoms with Crippen molar-refractivity contribution in [2.24, 2.45) is 0 Å². The summed E-state index contributed by atoms with van der Waals surface area (Å²) < 4.78 is 34.3. The number of rotatable bonds is 2. The Hall–Kier alpha value is -5.22. The molecule has 0 radical (unpaired) electrons. The first-order valence-corrected chi connectivity index (χ1v) is 24.5. The van der Waals surface area contributed by atoms with Crippen molar-refractivity contribution in [1.82, 2.24) is 0 Å². The fourth-order valence-corrected chi connectivity index (χ4v) is 13.3. The second kappa shape index (κ2) is 13.0. The number of anilines is 6. The molecule has 12 rings (SSSR count). The zero-order chi connectivity index (χ0) is 48.0. The molecule has 0 unspecified atom stereocenters. The van der Waals surface area contributed by atoms with Gasteiger partial charge in [-0.2, -0.15) is 0 Å². The molecular weight excluding hydrogens is 787 g/mol. The van der Waals surface area contributed by atoms with Crippen LogP contribution in [-0.4, -0.2) is 6.71 Å². The molecule has 0 saturated carbocycles. The van der Waals surface area contributed by atoms with Gasteiger partial charge in [0.25, 0.3) is 6.71 Å². The Morgan fingerprint density at radius 3 is 1.49 bits per heavy atom. The summed E-state index contributed by atoms with van der Waals surface area (Å²) >= 11 is 0. The summed E-state index contributed by atoms with van der Waals surface area (Å²) in [4.78, 5) is 4.92. The van der Waals surface area contributed by atoms with Crippen LogP contribution in [-0.2, 0) is 32.5 Å². The van der Waals surface area contributed by atoms with Crippen LogP contribution < -0.4 is 26.2 Å². The van der Waals surface area contributed by atoms with E-state index in [4.69, 9.17) is 4.42 Å². The van der Waals surface area contributed by atoms with Crippen molar-refractivity contribution in [2.75, 3.05) is 9.80 Å². The van der Waals surface area contributed by atoms with Crippen LogP contribution in [0.15, 0.2) is 101 Å². The molecule has 0 spiro atoms. The second-order valence-corrected chi connectivity index (χ2v) is 24.7. The lowest BCUT2D eigenvalue weighted by Gasteiger charge is -2.49. The van der Waals surface area contributed by atoms with E-state index in [9.17, 15) is 4.11 Å². The second-order valence-electron chi connectivity index (χ2n) is 24.7. The van der Waals surface area contributed by atoms with E-state index in [1.54, 1.807) is 0 Å². The molecule has 0 amide bonds. The number of benzene rings is 6. The van der Waals surface area contributed by atoms with Crippen molar-refractivity contribution in [2.45, 2.75) is 161 Å². The van der Waals surface area contributed by atoms with Crippen molar-refractivity contribution >= 4 is 79.2 Å². The quantitative estimate of drug-likeness (QED) is 0.162. The van der Waals surface area contributed by atoms with Crippen LogP contribution >= 0.6 is 0 Å². The Morgan fingerprint density at radius 1 is 0.446 bits per heavy atom. The van der Waals surface area contributed by atoms with E-state index in [1.807, 2.05) is 18.2 Å². The minimum atomic E-state index is -2.38. The smallest absolute Gasteiger partial charge is 0.252 e. The molecule has 3 nitrogen and oxygen atoms in total. The van der Waals surface area contributed by atoms with Gasteiger partial charge in [0.1, 0.15) is 11.2 Å². The molecule has 3 aliphatic carbocycles. The first-order chi connectivity index (χ1) is 31.8. The standard InChI is InChI=1S/C61H67BN2O/c1-36-29-50-55-51(30-36)64(47-18-16-20-53-54(47)38-17-14-15-19-52(38)65-53)49-35-44-42(59(8,9)26-28-61(44,12)13)33-46(49)62(55)45-32-41-43(60(10,11)27-25-58(41,6)7)34-48(45)63(50)37-21-22-39-40(31-37)57(4,5)24-23-56(39,2)3/h14-22,29-35H,23-28H2,1-13H3/i1D3. The first-order valence-electron chi connectivity index (χ1n) is 26.0. The van der Waals surface area contributed by atoms with Crippen LogP contribution in [0.2, 0.25) is 0 Å². The van der Waals surface area contributed by atoms with Gasteiger partial charge in [-0.1, -0.05) is 126 Å². The van der Waals surface area contributed by atoms with Gasteiger partial charge in [0, 0.05) is 37.9 Å². The summed E-state index contributed by atoms with van der Waals surface area (Å²) in [6.07, 6.45) is 6.65. The van der Waals surface area contributed by atoms with E-state index in [2.05, 4.69) is 172 Å². The Labute approximate surface area is 392 Å². The van der Waals surface area contributed by atoms with Gasteiger partial charge >= 0.3 is 0 Å². The highest BCUT2D eigenvalue weighted by Gasteiger charge is 2.49. The number of hydrogen-bond donors (Lipinski definition) is 0. The molecule has 6 aromatic carbocycles. The summed E-state index contributed by atoms with van der Waals surface area (Å²) in [6, 6.07) is 36.3. The lowest BCUT2D eigenvalue weighted by Crippen LogP contribution is -2.62. The van der Waals surface area contributed by atoms with E-state index in [-0.39, 0.29) is 39.2 Å². The number of fused-ring (bicyclic) bond motifs is 10. The Bertz CT molecular complexity index is 3330. The molecule has 0 N–H and O–H groups in total. The normalized spacial score (nSPS) is 21.8. The van der Waals surface area contributed by atoms with Crippen molar-refractivity contribution in [3.05, 3.63) is 136 Å². The van der Waals surface area contributed by atoms with Crippen LogP contribution in [0, 0.1) is 6.85 Å². The fourth-order valence-electron chi connectivity index (χ4n) is 13.3. The van der Waals surface area contributed by atoms with E-state index in [0.717, 1.165) is 100 Å². The predicted molar refractivity (Wildman–Crippen MR) is 278 cm³/mol. The molecular formula is C61H67BN2O. The molecule has 1 aromatic heterocycles. The van der Waals surface area contributed by atoms with Crippen molar-refractivity contribution < 1.29 is 8.53 Å². The molecule has 0 fully saturated rings. The monoisotopic (exact) mass is 858 g/mol. The zero-order valence-electron chi connectivity index (χ0n) is 43.9. The van der Waals surface area contributed by atoms with Crippen LogP contribution in [0.25, 0.3) is 21.9 Å². The van der Waals surface area contributed by atoms with Crippen molar-refractivity contribution in [1.29, 1.82) is 0 Å². The molecule has 0 saturated heterocycles. The van der Waals surface area contributed by atoms with E-state index in [1.165, 1.54) is 44.3 Å². The Morgan fingerprint density at radius 2 is 0.923 bits per heavy atom. The average Bonchev–Trinajstić information content (AvgIpc) is 3.66. The van der Waals surface area contributed by atoms with Gasteiger partial charge in [0.2, 0.25) is 0 Å². The van der Waals surface area contributed by atoms with Crippen LogP contribution in [0.5, 0.6) is 0 Å².